The molecule has 1 fully saturated rings. The van der Waals surface area contributed by atoms with Gasteiger partial charge in [0.25, 0.3) is 0 Å². The number of likely N-dealkylation sites (tertiary alicyclic amines) is 1. The summed E-state index contributed by atoms with van der Waals surface area (Å²) < 4.78 is 15.6. The van der Waals surface area contributed by atoms with Gasteiger partial charge < -0.3 is 29.7 Å². The number of nitrogens with zero attached hydrogens (tertiary/aromatic N) is 1. The van der Waals surface area contributed by atoms with Crippen LogP contribution >= 0.6 is 0 Å². The van der Waals surface area contributed by atoms with E-state index in [1.807, 2.05) is 18.2 Å². The van der Waals surface area contributed by atoms with E-state index in [9.17, 15) is 9.59 Å². The number of hydrogen-bond acceptors (Lipinski definition) is 6. The average Bonchev–Trinajstić information content (AvgIpc) is 3.10. The molecule has 2 heterocycles. The third kappa shape index (κ3) is 4.78. The highest BCUT2D eigenvalue weighted by atomic mass is 16.7. The third-order valence-electron chi connectivity index (χ3n) is 4.44. The van der Waals surface area contributed by atoms with Crippen molar-refractivity contribution in [2.24, 2.45) is 0 Å². The van der Waals surface area contributed by atoms with Crippen LogP contribution in [0.1, 0.15) is 25.3 Å². The van der Waals surface area contributed by atoms with Crippen LogP contribution in [0.3, 0.4) is 0 Å². The number of hydrogen-bond donors (Lipinski definition) is 2. The van der Waals surface area contributed by atoms with Crippen molar-refractivity contribution in [1.29, 1.82) is 0 Å². The van der Waals surface area contributed by atoms with Crippen molar-refractivity contribution in [3.8, 4) is 11.5 Å². The number of ether oxygens (including phenoxy) is 3. The lowest BCUT2D eigenvalue weighted by Crippen LogP contribution is -2.48. The van der Waals surface area contributed by atoms with Gasteiger partial charge in [-0.1, -0.05) is 6.07 Å². The quantitative estimate of drug-likeness (QED) is 0.791. The molecule has 2 amide bonds. The van der Waals surface area contributed by atoms with Crippen LogP contribution in [0.4, 0.5) is 4.79 Å². The van der Waals surface area contributed by atoms with E-state index in [4.69, 9.17) is 14.2 Å². The number of carbonyl (C=O) groups excluding carboxylic acids is 2. The Bertz CT molecular complexity index is 644. The van der Waals surface area contributed by atoms with E-state index < -0.39 is 0 Å². The normalized spacial score (nSPS) is 16.4. The summed E-state index contributed by atoms with van der Waals surface area (Å²) in [6.45, 7) is 4.45. The van der Waals surface area contributed by atoms with Crippen molar-refractivity contribution in [3.63, 3.8) is 0 Å². The van der Waals surface area contributed by atoms with Gasteiger partial charge in [0, 0.05) is 25.7 Å². The van der Waals surface area contributed by atoms with E-state index in [0.717, 1.165) is 29.9 Å². The molecule has 0 bridgehead atoms. The number of rotatable bonds is 6. The molecular formula is C18H25N3O5. The van der Waals surface area contributed by atoms with Gasteiger partial charge in [-0.05, 0) is 37.5 Å². The first-order chi connectivity index (χ1) is 12.7. The maximum atomic E-state index is 12.1. The lowest BCUT2D eigenvalue weighted by Gasteiger charge is -2.31. The second kappa shape index (κ2) is 8.75. The van der Waals surface area contributed by atoms with Crippen LogP contribution in [0.5, 0.6) is 11.5 Å². The minimum absolute atomic E-state index is 0.0414. The van der Waals surface area contributed by atoms with Gasteiger partial charge in [0.2, 0.25) is 12.7 Å². The minimum atomic E-state index is -0.275. The number of benzene rings is 1. The first-order valence-corrected chi connectivity index (χ1v) is 8.96. The van der Waals surface area contributed by atoms with E-state index in [1.165, 1.54) is 0 Å². The highest BCUT2D eigenvalue weighted by Gasteiger charge is 2.24. The predicted octanol–water partition coefficient (Wildman–Crippen LogP) is 1.24. The SMILES string of the molecule is CCOC(=O)N1CCC(NC(=O)CNCc2ccc3c(c2)OCO3)CC1. The van der Waals surface area contributed by atoms with Gasteiger partial charge in [-0.3, -0.25) is 4.79 Å². The highest BCUT2D eigenvalue weighted by Crippen LogP contribution is 2.32. The van der Waals surface area contributed by atoms with Crippen LogP contribution in [0.15, 0.2) is 18.2 Å². The number of fused-ring (bicyclic) bond motifs is 1. The van der Waals surface area contributed by atoms with Crippen LogP contribution in [-0.4, -0.2) is 56.0 Å². The summed E-state index contributed by atoms with van der Waals surface area (Å²) in [4.78, 5) is 25.4. The molecule has 1 saturated heterocycles. The zero-order valence-corrected chi connectivity index (χ0v) is 15.0. The summed E-state index contributed by atoms with van der Waals surface area (Å²) in [7, 11) is 0. The first kappa shape index (κ1) is 18.3. The Hall–Kier alpha value is -2.48. The molecule has 1 aromatic carbocycles. The molecule has 3 rings (SSSR count). The molecule has 0 atom stereocenters. The molecule has 0 unspecified atom stereocenters. The Balaban J connectivity index is 1.34. The molecule has 0 spiro atoms. The average molecular weight is 363 g/mol. The fourth-order valence-electron chi connectivity index (χ4n) is 3.07. The lowest BCUT2D eigenvalue weighted by atomic mass is 10.1. The molecule has 2 aliphatic heterocycles. The van der Waals surface area contributed by atoms with E-state index in [1.54, 1.807) is 11.8 Å². The second-order valence-corrected chi connectivity index (χ2v) is 6.32. The first-order valence-electron chi connectivity index (χ1n) is 8.96. The summed E-state index contributed by atoms with van der Waals surface area (Å²) in [5.41, 5.74) is 1.03. The third-order valence-corrected chi connectivity index (χ3v) is 4.44. The van der Waals surface area contributed by atoms with Gasteiger partial charge in [-0.15, -0.1) is 0 Å². The standard InChI is InChI=1S/C18H25N3O5/c1-2-24-18(23)21-7-5-14(6-8-21)20-17(22)11-19-10-13-3-4-15-16(9-13)26-12-25-15/h3-4,9,14,19H,2,5-8,10-12H2,1H3,(H,20,22). The molecular weight excluding hydrogens is 338 g/mol. The van der Waals surface area contributed by atoms with E-state index in [0.29, 0.717) is 26.2 Å². The Morgan fingerprint density at radius 1 is 1.23 bits per heavy atom. The van der Waals surface area contributed by atoms with E-state index >= 15 is 0 Å². The van der Waals surface area contributed by atoms with Crippen LogP contribution in [0.25, 0.3) is 0 Å². The fraction of sp³-hybridized carbons (Fsp3) is 0.556. The molecule has 2 aliphatic rings. The van der Waals surface area contributed by atoms with Crippen LogP contribution in [-0.2, 0) is 16.1 Å². The molecule has 26 heavy (non-hydrogen) atoms. The molecule has 1 aromatic rings. The number of piperidine rings is 1. The summed E-state index contributed by atoms with van der Waals surface area (Å²) in [6, 6.07) is 5.83. The molecule has 0 radical (unpaired) electrons. The van der Waals surface area contributed by atoms with Gasteiger partial charge in [0.15, 0.2) is 11.5 Å². The Labute approximate surface area is 152 Å². The Morgan fingerprint density at radius 2 is 2.00 bits per heavy atom. The largest absolute Gasteiger partial charge is 0.454 e. The van der Waals surface area contributed by atoms with Crippen molar-refractivity contribution < 1.29 is 23.8 Å². The molecule has 8 nitrogen and oxygen atoms in total. The van der Waals surface area contributed by atoms with Gasteiger partial charge in [0.1, 0.15) is 0 Å². The van der Waals surface area contributed by atoms with Crippen molar-refractivity contribution in [2.75, 3.05) is 33.0 Å². The van der Waals surface area contributed by atoms with Gasteiger partial charge >= 0.3 is 6.09 Å². The lowest BCUT2D eigenvalue weighted by molar-refractivity contribution is -0.121. The Kier molecular flexibility index (Phi) is 6.17. The topological polar surface area (TPSA) is 89.1 Å². The van der Waals surface area contributed by atoms with Crippen LogP contribution in [0.2, 0.25) is 0 Å². The van der Waals surface area contributed by atoms with Crippen molar-refractivity contribution in [2.45, 2.75) is 32.4 Å². The smallest absolute Gasteiger partial charge is 0.409 e. The van der Waals surface area contributed by atoms with Crippen molar-refractivity contribution in [3.05, 3.63) is 23.8 Å². The maximum absolute atomic E-state index is 12.1. The maximum Gasteiger partial charge on any atom is 0.409 e. The monoisotopic (exact) mass is 363 g/mol. The summed E-state index contributed by atoms with van der Waals surface area (Å²) in [6.07, 6.45) is 1.21. The zero-order chi connectivity index (χ0) is 18.4. The number of amides is 2. The van der Waals surface area contributed by atoms with Gasteiger partial charge in [0.05, 0.1) is 13.2 Å². The highest BCUT2D eigenvalue weighted by molar-refractivity contribution is 5.78. The van der Waals surface area contributed by atoms with Crippen molar-refractivity contribution in [1.82, 2.24) is 15.5 Å². The summed E-state index contributed by atoms with van der Waals surface area (Å²) >= 11 is 0. The molecule has 2 N–H and O–H groups in total. The molecule has 0 aromatic heterocycles. The Morgan fingerprint density at radius 3 is 2.77 bits per heavy atom. The van der Waals surface area contributed by atoms with Crippen LogP contribution in [0, 0.1) is 0 Å². The number of nitrogens with one attached hydrogen (secondary N) is 2. The molecule has 8 heteroatoms. The number of carbonyl (C=O) groups is 2. The van der Waals surface area contributed by atoms with Gasteiger partial charge in [-0.2, -0.15) is 0 Å². The zero-order valence-electron chi connectivity index (χ0n) is 15.0. The molecule has 0 saturated carbocycles. The summed E-state index contributed by atoms with van der Waals surface area (Å²) in [5, 5.41) is 6.15. The second-order valence-electron chi connectivity index (χ2n) is 6.32. The van der Waals surface area contributed by atoms with Crippen molar-refractivity contribution >= 4 is 12.0 Å². The van der Waals surface area contributed by atoms with E-state index in [-0.39, 0.29) is 31.4 Å². The predicted molar refractivity (Wildman–Crippen MR) is 94.0 cm³/mol. The fourth-order valence-corrected chi connectivity index (χ4v) is 3.07. The molecule has 0 aliphatic carbocycles. The minimum Gasteiger partial charge on any atom is -0.454 e. The summed E-state index contributed by atoms with van der Waals surface area (Å²) in [5.74, 6) is 1.45. The van der Waals surface area contributed by atoms with E-state index in [2.05, 4.69) is 10.6 Å². The van der Waals surface area contributed by atoms with Gasteiger partial charge in [-0.25, -0.2) is 4.79 Å². The molecule has 142 valence electrons. The van der Waals surface area contributed by atoms with Crippen LogP contribution < -0.4 is 20.1 Å².